The second-order valence-electron chi connectivity index (χ2n) is 17.3. The Hall–Kier alpha value is -0.830. The molecule has 0 N–H and O–H groups in total. The molecule has 0 radical (unpaired) electrons. The molecule has 242 valence electrons. The third kappa shape index (κ3) is 7.69. The number of hydrogen-bond donors (Lipinski definition) is 0. The highest BCUT2D eigenvalue weighted by Gasteiger charge is 2.60. The standard InChI is InChI=1S/C39H69NO2/c1-27(2)12-10-13-29(5)34-18-19-35-33-17-16-32-24-30(20-22-38(32,6)36(33)21-23-39(34,35)7)14-11-15-31(25-40(8)9)26-42-37(41)28(3)4/h27,29-36H,3,10-26H2,1-2,4-9H3/t29-,30+,31?,32+,33+,34-,35+,36+,38+,39-/m1/s1. The number of carbonyl (C=O) groups is 1. The highest BCUT2D eigenvalue weighted by Crippen LogP contribution is 2.68. The van der Waals surface area contributed by atoms with Crippen molar-refractivity contribution in [3.63, 3.8) is 0 Å². The van der Waals surface area contributed by atoms with Crippen LogP contribution >= 0.6 is 0 Å². The molecule has 0 amide bonds. The molecule has 3 heteroatoms. The number of ether oxygens (including phenoxy) is 1. The van der Waals surface area contributed by atoms with Crippen LogP contribution in [0.25, 0.3) is 0 Å². The maximum atomic E-state index is 12.0. The van der Waals surface area contributed by atoms with Gasteiger partial charge in [0.1, 0.15) is 0 Å². The van der Waals surface area contributed by atoms with Crippen LogP contribution in [0.2, 0.25) is 0 Å². The van der Waals surface area contributed by atoms with Crippen LogP contribution in [0.4, 0.5) is 0 Å². The first-order chi connectivity index (χ1) is 19.8. The minimum atomic E-state index is -0.242. The van der Waals surface area contributed by atoms with Crippen molar-refractivity contribution in [3.05, 3.63) is 12.2 Å². The van der Waals surface area contributed by atoms with Crippen LogP contribution in [0.3, 0.4) is 0 Å². The smallest absolute Gasteiger partial charge is 0.333 e. The molecule has 4 saturated carbocycles. The van der Waals surface area contributed by atoms with E-state index in [1.807, 2.05) is 0 Å². The molecule has 4 fully saturated rings. The second-order valence-corrected chi connectivity index (χ2v) is 17.3. The summed E-state index contributed by atoms with van der Waals surface area (Å²) >= 11 is 0. The molecule has 0 heterocycles. The Kier molecular flexibility index (Phi) is 11.8. The zero-order valence-corrected chi connectivity index (χ0v) is 29.2. The summed E-state index contributed by atoms with van der Waals surface area (Å²) in [6.45, 7) is 19.9. The topological polar surface area (TPSA) is 29.5 Å². The van der Waals surface area contributed by atoms with Crippen LogP contribution in [-0.4, -0.2) is 38.1 Å². The molecule has 4 rings (SSSR count). The molecule has 0 aromatic rings. The first-order valence-corrected chi connectivity index (χ1v) is 18.3. The van der Waals surface area contributed by atoms with E-state index in [1.165, 1.54) is 89.9 Å². The van der Waals surface area contributed by atoms with Gasteiger partial charge in [-0.1, -0.05) is 73.3 Å². The lowest BCUT2D eigenvalue weighted by Crippen LogP contribution is -2.53. The van der Waals surface area contributed by atoms with Gasteiger partial charge in [-0.3, -0.25) is 0 Å². The maximum Gasteiger partial charge on any atom is 0.333 e. The fraction of sp³-hybridized carbons (Fsp3) is 0.923. The van der Waals surface area contributed by atoms with Crippen molar-refractivity contribution in [2.75, 3.05) is 27.2 Å². The summed E-state index contributed by atoms with van der Waals surface area (Å²) in [7, 11) is 4.25. The molecule has 4 aliphatic carbocycles. The normalized spacial score (nSPS) is 37.6. The molecule has 1 unspecified atom stereocenters. The zero-order valence-electron chi connectivity index (χ0n) is 29.2. The fourth-order valence-electron chi connectivity index (χ4n) is 11.4. The molecule has 0 bridgehead atoms. The Morgan fingerprint density at radius 2 is 1.62 bits per heavy atom. The Bertz CT molecular complexity index is 895. The molecule has 42 heavy (non-hydrogen) atoms. The summed E-state index contributed by atoms with van der Waals surface area (Å²) in [4.78, 5) is 14.2. The van der Waals surface area contributed by atoms with Gasteiger partial charge in [-0.2, -0.15) is 0 Å². The van der Waals surface area contributed by atoms with Crippen molar-refractivity contribution in [1.29, 1.82) is 0 Å². The molecule has 0 aromatic carbocycles. The lowest BCUT2D eigenvalue weighted by atomic mass is 9.44. The van der Waals surface area contributed by atoms with Crippen LogP contribution in [0, 0.1) is 64.1 Å². The summed E-state index contributed by atoms with van der Waals surface area (Å²) in [5.41, 5.74) is 1.70. The number of hydrogen-bond acceptors (Lipinski definition) is 3. The predicted octanol–water partition coefficient (Wildman–Crippen LogP) is 10.2. The summed E-state index contributed by atoms with van der Waals surface area (Å²) in [6.07, 6.45) is 21.5. The molecular formula is C39H69NO2. The molecule has 0 aromatic heterocycles. The van der Waals surface area contributed by atoms with Crippen LogP contribution in [0.15, 0.2) is 12.2 Å². The molecule has 0 spiro atoms. The van der Waals surface area contributed by atoms with Crippen LogP contribution < -0.4 is 0 Å². The van der Waals surface area contributed by atoms with E-state index in [4.69, 9.17) is 4.74 Å². The van der Waals surface area contributed by atoms with Crippen LogP contribution in [0.5, 0.6) is 0 Å². The average molecular weight is 584 g/mol. The molecular weight excluding hydrogens is 514 g/mol. The SMILES string of the molecule is C=C(C)C(=O)OCC(CCC[C@H]1CC[C@@]2(C)[C@@H](CC[C@@H]3[C@@H]2CC[C@]2(C)[C@@H]([C@H](C)CCCC(C)C)CC[C@@H]32)C1)CN(C)C. The van der Waals surface area contributed by atoms with E-state index < -0.39 is 0 Å². The molecule has 4 aliphatic rings. The molecule has 10 atom stereocenters. The van der Waals surface area contributed by atoms with Gasteiger partial charge in [0.2, 0.25) is 0 Å². The van der Waals surface area contributed by atoms with Gasteiger partial charge in [-0.15, -0.1) is 0 Å². The lowest BCUT2D eigenvalue weighted by Gasteiger charge is -2.61. The van der Waals surface area contributed by atoms with E-state index in [9.17, 15) is 4.79 Å². The summed E-state index contributed by atoms with van der Waals surface area (Å²) < 4.78 is 5.56. The van der Waals surface area contributed by atoms with E-state index in [-0.39, 0.29) is 5.97 Å². The first-order valence-electron chi connectivity index (χ1n) is 18.3. The molecule has 3 nitrogen and oxygen atoms in total. The van der Waals surface area contributed by atoms with Crippen molar-refractivity contribution in [2.45, 2.75) is 138 Å². The Balaban J connectivity index is 1.29. The van der Waals surface area contributed by atoms with E-state index >= 15 is 0 Å². The highest BCUT2D eigenvalue weighted by atomic mass is 16.5. The largest absolute Gasteiger partial charge is 0.462 e. The van der Waals surface area contributed by atoms with Gasteiger partial charge in [-0.05, 0) is 143 Å². The van der Waals surface area contributed by atoms with Gasteiger partial charge in [0.05, 0.1) is 6.61 Å². The minimum Gasteiger partial charge on any atom is -0.462 e. The van der Waals surface area contributed by atoms with Gasteiger partial charge in [-0.25, -0.2) is 4.79 Å². The number of fused-ring (bicyclic) bond motifs is 5. The molecule has 0 saturated heterocycles. The highest BCUT2D eigenvalue weighted by molar-refractivity contribution is 5.86. The number of esters is 1. The van der Waals surface area contributed by atoms with Gasteiger partial charge in [0, 0.05) is 18.0 Å². The number of rotatable bonds is 14. The van der Waals surface area contributed by atoms with Crippen molar-refractivity contribution < 1.29 is 9.53 Å². The van der Waals surface area contributed by atoms with E-state index in [1.54, 1.807) is 6.92 Å². The summed E-state index contributed by atoms with van der Waals surface area (Å²) in [6, 6.07) is 0. The van der Waals surface area contributed by atoms with E-state index in [0.717, 1.165) is 60.3 Å². The number of nitrogens with zero attached hydrogens (tertiary/aromatic N) is 1. The fourth-order valence-corrected chi connectivity index (χ4v) is 11.4. The van der Waals surface area contributed by atoms with Crippen molar-refractivity contribution in [1.82, 2.24) is 4.90 Å². The second kappa shape index (κ2) is 14.5. The van der Waals surface area contributed by atoms with Crippen molar-refractivity contribution in [3.8, 4) is 0 Å². The van der Waals surface area contributed by atoms with Gasteiger partial charge in [0.15, 0.2) is 0 Å². The molecule has 0 aliphatic heterocycles. The minimum absolute atomic E-state index is 0.242. The first kappa shape index (κ1) is 34.1. The summed E-state index contributed by atoms with van der Waals surface area (Å²) in [5.74, 6) is 7.73. The monoisotopic (exact) mass is 584 g/mol. The number of carbonyl (C=O) groups excluding carboxylic acids is 1. The zero-order chi connectivity index (χ0) is 30.7. The van der Waals surface area contributed by atoms with Crippen molar-refractivity contribution >= 4 is 5.97 Å². The van der Waals surface area contributed by atoms with Crippen LogP contribution in [-0.2, 0) is 9.53 Å². The third-order valence-corrected chi connectivity index (χ3v) is 13.6. The maximum absolute atomic E-state index is 12.0. The van der Waals surface area contributed by atoms with Gasteiger partial charge < -0.3 is 9.64 Å². The summed E-state index contributed by atoms with van der Waals surface area (Å²) in [5, 5.41) is 0. The lowest BCUT2D eigenvalue weighted by molar-refractivity contribution is -0.140. The predicted molar refractivity (Wildman–Crippen MR) is 178 cm³/mol. The Morgan fingerprint density at radius 3 is 2.31 bits per heavy atom. The van der Waals surface area contributed by atoms with Crippen molar-refractivity contribution in [2.24, 2.45) is 64.1 Å². The Labute approximate surface area is 261 Å². The van der Waals surface area contributed by atoms with E-state index in [0.29, 0.717) is 28.9 Å². The van der Waals surface area contributed by atoms with Gasteiger partial charge >= 0.3 is 5.97 Å². The Morgan fingerprint density at radius 1 is 0.905 bits per heavy atom. The van der Waals surface area contributed by atoms with Gasteiger partial charge in [0.25, 0.3) is 0 Å². The quantitative estimate of drug-likeness (QED) is 0.150. The third-order valence-electron chi connectivity index (χ3n) is 13.6. The van der Waals surface area contributed by atoms with E-state index in [2.05, 4.69) is 60.2 Å². The van der Waals surface area contributed by atoms with Crippen LogP contribution in [0.1, 0.15) is 138 Å². The average Bonchev–Trinajstić information content (AvgIpc) is 3.28.